The predicted octanol–water partition coefficient (Wildman–Crippen LogP) is 1.19. The van der Waals surface area contributed by atoms with Crippen LogP contribution in [0.25, 0.3) is 0 Å². The highest BCUT2D eigenvalue weighted by Crippen LogP contribution is 2.34. The summed E-state index contributed by atoms with van der Waals surface area (Å²) in [5, 5.41) is 0. The van der Waals surface area contributed by atoms with E-state index in [4.69, 9.17) is 4.74 Å². The van der Waals surface area contributed by atoms with Crippen molar-refractivity contribution in [3.8, 4) is 0 Å². The van der Waals surface area contributed by atoms with Crippen LogP contribution in [0.5, 0.6) is 0 Å². The van der Waals surface area contributed by atoms with Gasteiger partial charge in [-0.2, -0.15) is 0 Å². The number of ether oxygens (including phenoxy) is 1. The number of nitrogens with zero attached hydrogens (tertiary/aromatic N) is 2. The van der Waals surface area contributed by atoms with E-state index < -0.39 is 0 Å². The molecule has 1 spiro atoms. The van der Waals surface area contributed by atoms with Gasteiger partial charge in [0.15, 0.2) is 0 Å². The minimum Gasteiger partial charge on any atom is -0.373 e. The van der Waals surface area contributed by atoms with E-state index in [9.17, 15) is 9.59 Å². The molecule has 2 amide bonds. The van der Waals surface area contributed by atoms with E-state index in [0.29, 0.717) is 13.1 Å². The number of carbonyl (C=O) groups is 2. The lowest BCUT2D eigenvalue weighted by molar-refractivity contribution is -0.146. The summed E-state index contributed by atoms with van der Waals surface area (Å²) in [6.07, 6.45) is 6.91. The molecule has 21 heavy (non-hydrogen) atoms. The van der Waals surface area contributed by atoms with Crippen LogP contribution in [0.15, 0.2) is 12.7 Å². The number of amides is 2. The van der Waals surface area contributed by atoms with E-state index >= 15 is 0 Å². The number of carbonyl (C=O) groups excluding carboxylic acids is 2. The standard InChI is InChI=1S/C16H24N2O3/c1-2-14(19)18-10-13(11-18)15(20)17-8-7-16(12-17)6-4-3-5-9-21-16/h2,13H,1,3-12H2. The van der Waals surface area contributed by atoms with Crippen LogP contribution in [0.2, 0.25) is 0 Å². The Labute approximate surface area is 125 Å². The van der Waals surface area contributed by atoms with Crippen LogP contribution in [-0.4, -0.2) is 60.0 Å². The minimum absolute atomic E-state index is 0.0326. The van der Waals surface area contributed by atoms with Gasteiger partial charge in [-0.25, -0.2) is 0 Å². The monoisotopic (exact) mass is 292 g/mol. The molecule has 3 aliphatic heterocycles. The van der Waals surface area contributed by atoms with Gasteiger partial charge < -0.3 is 14.5 Å². The third kappa shape index (κ3) is 2.84. The van der Waals surface area contributed by atoms with Gasteiger partial charge in [-0.3, -0.25) is 9.59 Å². The summed E-state index contributed by atoms with van der Waals surface area (Å²) in [7, 11) is 0. The molecule has 3 fully saturated rings. The molecule has 5 heteroatoms. The van der Waals surface area contributed by atoms with Crippen molar-refractivity contribution in [2.24, 2.45) is 5.92 Å². The Morgan fingerprint density at radius 3 is 2.71 bits per heavy atom. The van der Waals surface area contributed by atoms with E-state index in [2.05, 4.69) is 6.58 Å². The molecule has 3 rings (SSSR count). The first kappa shape index (κ1) is 14.6. The number of hydrogen-bond donors (Lipinski definition) is 0. The molecule has 3 aliphatic rings. The molecule has 0 aromatic heterocycles. The second-order valence-electron chi connectivity index (χ2n) is 6.50. The highest BCUT2D eigenvalue weighted by molar-refractivity contribution is 5.90. The zero-order chi connectivity index (χ0) is 14.9. The molecule has 3 heterocycles. The third-order valence-electron chi connectivity index (χ3n) is 5.03. The molecule has 0 aliphatic carbocycles. The molecule has 0 aromatic carbocycles. The van der Waals surface area contributed by atoms with Crippen molar-refractivity contribution in [3.05, 3.63) is 12.7 Å². The molecular formula is C16H24N2O3. The fourth-order valence-electron chi connectivity index (χ4n) is 3.64. The molecule has 0 saturated carbocycles. The van der Waals surface area contributed by atoms with Crippen LogP contribution in [0.3, 0.4) is 0 Å². The molecule has 3 saturated heterocycles. The van der Waals surface area contributed by atoms with Gasteiger partial charge in [0.1, 0.15) is 0 Å². The number of hydrogen-bond acceptors (Lipinski definition) is 3. The quantitative estimate of drug-likeness (QED) is 0.718. The summed E-state index contributed by atoms with van der Waals surface area (Å²) in [4.78, 5) is 27.5. The molecule has 0 radical (unpaired) electrons. The third-order valence-corrected chi connectivity index (χ3v) is 5.03. The molecule has 116 valence electrons. The maximum Gasteiger partial charge on any atom is 0.246 e. The SMILES string of the molecule is C=CC(=O)N1CC(C(=O)N2CCC3(CCCCCO3)C2)C1. The van der Waals surface area contributed by atoms with Crippen LogP contribution < -0.4 is 0 Å². The molecule has 5 nitrogen and oxygen atoms in total. The minimum atomic E-state index is -0.0907. The van der Waals surface area contributed by atoms with Crippen molar-refractivity contribution in [1.29, 1.82) is 0 Å². The van der Waals surface area contributed by atoms with Crippen molar-refractivity contribution < 1.29 is 14.3 Å². The highest BCUT2D eigenvalue weighted by atomic mass is 16.5. The summed E-state index contributed by atoms with van der Waals surface area (Å²) < 4.78 is 6.07. The normalized spacial score (nSPS) is 30.1. The number of rotatable bonds is 2. The second-order valence-corrected chi connectivity index (χ2v) is 6.50. The summed E-state index contributed by atoms with van der Waals surface area (Å²) >= 11 is 0. The fourth-order valence-corrected chi connectivity index (χ4v) is 3.64. The zero-order valence-corrected chi connectivity index (χ0v) is 12.6. The first-order valence-corrected chi connectivity index (χ1v) is 7.98. The zero-order valence-electron chi connectivity index (χ0n) is 12.6. The Balaban J connectivity index is 1.53. The first-order valence-electron chi connectivity index (χ1n) is 7.98. The van der Waals surface area contributed by atoms with Crippen LogP contribution in [0.1, 0.15) is 32.1 Å². The van der Waals surface area contributed by atoms with Crippen molar-refractivity contribution in [1.82, 2.24) is 9.80 Å². The van der Waals surface area contributed by atoms with Crippen LogP contribution in [0, 0.1) is 5.92 Å². The van der Waals surface area contributed by atoms with Gasteiger partial charge in [-0.05, 0) is 25.3 Å². The lowest BCUT2D eigenvalue weighted by Crippen LogP contribution is -2.56. The van der Waals surface area contributed by atoms with E-state index in [1.54, 1.807) is 4.90 Å². The van der Waals surface area contributed by atoms with Crippen molar-refractivity contribution >= 4 is 11.8 Å². The lowest BCUT2D eigenvalue weighted by Gasteiger charge is -2.39. The van der Waals surface area contributed by atoms with E-state index in [1.165, 1.54) is 18.9 Å². The van der Waals surface area contributed by atoms with Gasteiger partial charge in [-0.1, -0.05) is 19.4 Å². The Kier molecular flexibility index (Phi) is 4.02. The van der Waals surface area contributed by atoms with Gasteiger partial charge in [0.25, 0.3) is 0 Å². The van der Waals surface area contributed by atoms with Gasteiger partial charge in [0, 0.05) is 32.8 Å². The Bertz CT molecular complexity index is 435. The van der Waals surface area contributed by atoms with Gasteiger partial charge in [0.2, 0.25) is 11.8 Å². The van der Waals surface area contributed by atoms with Crippen molar-refractivity contribution in [3.63, 3.8) is 0 Å². The average molecular weight is 292 g/mol. The summed E-state index contributed by atoms with van der Waals surface area (Å²) in [6, 6.07) is 0. The first-order chi connectivity index (χ1) is 10.1. The maximum atomic E-state index is 12.5. The van der Waals surface area contributed by atoms with Gasteiger partial charge >= 0.3 is 0 Å². The van der Waals surface area contributed by atoms with Crippen molar-refractivity contribution in [2.75, 3.05) is 32.8 Å². The summed E-state index contributed by atoms with van der Waals surface area (Å²) in [5.41, 5.74) is -0.0907. The Hall–Kier alpha value is -1.36. The Morgan fingerprint density at radius 2 is 1.95 bits per heavy atom. The smallest absolute Gasteiger partial charge is 0.246 e. The molecule has 0 bridgehead atoms. The van der Waals surface area contributed by atoms with Gasteiger partial charge in [-0.15, -0.1) is 0 Å². The summed E-state index contributed by atoms with van der Waals surface area (Å²) in [6.45, 7) is 6.90. The van der Waals surface area contributed by atoms with E-state index in [0.717, 1.165) is 39.0 Å². The molecule has 1 atom stereocenters. The molecule has 1 unspecified atom stereocenters. The summed E-state index contributed by atoms with van der Waals surface area (Å²) in [5.74, 6) is 0.0757. The second kappa shape index (κ2) is 5.79. The van der Waals surface area contributed by atoms with E-state index in [1.807, 2.05) is 4.90 Å². The Morgan fingerprint density at radius 1 is 1.14 bits per heavy atom. The van der Waals surface area contributed by atoms with Crippen LogP contribution in [0.4, 0.5) is 0 Å². The predicted molar refractivity (Wildman–Crippen MR) is 78.6 cm³/mol. The highest BCUT2D eigenvalue weighted by Gasteiger charge is 2.45. The van der Waals surface area contributed by atoms with E-state index in [-0.39, 0.29) is 23.3 Å². The van der Waals surface area contributed by atoms with Gasteiger partial charge in [0.05, 0.1) is 11.5 Å². The van der Waals surface area contributed by atoms with Crippen LogP contribution >= 0.6 is 0 Å². The topological polar surface area (TPSA) is 49.9 Å². The van der Waals surface area contributed by atoms with Crippen LogP contribution in [-0.2, 0) is 14.3 Å². The fraction of sp³-hybridized carbons (Fsp3) is 0.750. The number of likely N-dealkylation sites (tertiary alicyclic amines) is 2. The average Bonchev–Trinajstić information content (AvgIpc) is 2.70. The lowest BCUT2D eigenvalue weighted by atomic mass is 9.95. The largest absolute Gasteiger partial charge is 0.373 e. The molecule has 0 aromatic rings. The maximum absolute atomic E-state index is 12.5. The molecular weight excluding hydrogens is 268 g/mol. The molecule has 0 N–H and O–H groups in total. The van der Waals surface area contributed by atoms with Crippen molar-refractivity contribution in [2.45, 2.75) is 37.7 Å².